The van der Waals surface area contributed by atoms with Gasteiger partial charge in [-0.3, -0.25) is 0 Å². The molecule has 0 aliphatic heterocycles. The highest BCUT2D eigenvalue weighted by molar-refractivity contribution is 7.99. The molecule has 0 radical (unpaired) electrons. The molecule has 2 atom stereocenters. The fourth-order valence-corrected chi connectivity index (χ4v) is 1.99. The molecule has 1 rings (SSSR count). The van der Waals surface area contributed by atoms with Crippen LogP contribution in [0.15, 0.2) is 24.3 Å². The number of aryl methyl sites for hydroxylation is 1. The van der Waals surface area contributed by atoms with Gasteiger partial charge in [0.05, 0.1) is 7.11 Å². The standard InChI is InChI=1S/C15H25NOS/c1-12(16-11-13(2)18-4)5-6-14-7-9-15(17-3)10-8-14/h7-10,12-13,16H,5-6,11H2,1-4H3. The number of hydrogen-bond acceptors (Lipinski definition) is 3. The topological polar surface area (TPSA) is 21.3 Å². The molecule has 1 aromatic rings. The number of hydrogen-bond donors (Lipinski definition) is 1. The zero-order valence-corrected chi connectivity index (χ0v) is 12.7. The summed E-state index contributed by atoms with van der Waals surface area (Å²) in [5.41, 5.74) is 1.38. The van der Waals surface area contributed by atoms with Gasteiger partial charge in [-0.25, -0.2) is 0 Å². The molecule has 3 heteroatoms. The predicted octanol–water partition coefficient (Wildman–Crippen LogP) is 3.36. The summed E-state index contributed by atoms with van der Waals surface area (Å²) >= 11 is 1.91. The lowest BCUT2D eigenvalue weighted by atomic mass is 10.1. The van der Waals surface area contributed by atoms with Gasteiger partial charge in [-0.05, 0) is 43.7 Å². The monoisotopic (exact) mass is 267 g/mol. The number of rotatable bonds is 8. The van der Waals surface area contributed by atoms with Crippen molar-refractivity contribution in [2.24, 2.45) is 0 Å². The van der Waals surface area contributed by atoms with E-state index in [2.05, 4.69) is 37.6 Å². The first kappa shape index (κ1) is 15.4. The van der Waals surface area contributed by atoms with Crippen LogP contribution in [0.25, 0.3) is 0 Å². The van der Waals surface area contributed by atoms with Crippen molar-refractivity contribution < 1.29 is 4.74 Å². The van der Waals surface area contributed by atoms with Gasteiger partial charge in [0.1, 0.15) is 5.75 Å². The first-order valence-corrected chi connectivity index (χ1v) is 7.83. The molecule has 0 saturated carbocycles. The number of thioether (sulfide) groups is 1. The van der Waals surface area contributed by atoms with Crippen molar-refractivity contribution in [3.05, 3.63) is 29.8 Å². The molecule has 0 saturated heterocycles. The third-order valence-electron chi connectivity index (χ3n) is 3.18. The normalized spacial score (nSPS) is 14.2. The zero-order valence-electron chi connectivity index (χ0n) is 11.9. The van der Waals surface area contributed by atoms with Crippen molar-refractivity contribution in [3.63, 3.8) is 0 Å². The van der Waals surface area contributed by atoms with Gasteiger partial charge in [0.15, 0.2) is 0 Å². The number of ether oxygens (including phenoxy) is 1. The van der Waals surface area contributed by atoms with Crippen molar-refractivity contribution in [2.75, 3.05) is 19.9 Å². The molecule has 0 spiro atoms. The SMILES string of the molecule is COc1ccc(CCC(C)NCC(C)SC)cc1. The van der Waals surface area contributed by atoms with Crippen molar-refractivity contribution in [1.29, 1.82) is 0 Å². The van der Waals surface area contributed by atoms with E-state index in [1.165, 1.54) is 12.0 Å². The molecule has 1 N–H and O–H groups in total. The molecule has 2 unspecified atom stereocenters. The summed E-state index contributed by atoms with van der Waals surface area (Å²) in [6.07, 6.45) is 4.45. The van der Waals surface area contributed by atoms with E-state index in [1.807, 2.05) is 23.9 Å². The fraction of sp³-hybridized carbons (Fsp3) is 0.600. The van der Waals surface area contributed by atoms with Crippen LogP contribution in [0.1, 0.15) is 25.8 Å². The minimum absolute atomic E-state index is 0.571. The Morgan fingerprint density at radius 2 is 1.89 bits per heavy atom. The largest absolute Gasteiger partial charge is 0.497 e. The van der Waals surface area contributed by atoms with Crippen LogP contribution in [-0.2, 0) is 6.42 Å². The third-order valence-corrected chi connectivity index (χ3v) is 4.15. The third kappa shape index (κ3) is 5.78. The Kier molecular flexibility index (Phi) is 7.21. The van der Waals surface area contributed by atoms with Gasteiger partial charge in [0, 0.05) is 17.8 Å². The summed E-state index contributed by atoms with van der Waals surface area (Å²) in [4.78, 5) is 0. The van der Waals surface area contributed by atoms with E-state index >= 15 is 0 Å². The molecule has 0 bridgehead atoms. The molecular weight excluding hydrogens is 242 g/mol. The van der Waals surface area contributed by atoms with Crippen LogP contribution in [0.5, 0.6) is 5.75 Å². The molecule has 0 aliphatic rings. The minimum atomic E-state index is 0.571. The summed E-state index contributed by atoms with van der Waals surface area (Å²) in [6, 6.07) is 8.93. The first-order valence-electron chi connectivity index (χ1n) is 6.54. The average Bonchev–Trinajstić information content (AvgIpc) is 2.42. The maximum absolute atomic E-state index is 5.16. The van der Waals surface area contributed by atoms with Gasteiger partial charge < -0.3 is 10.1 Å². The highest BCUT2D eigenvalue weighted by Gasteiger charge is 2.05. The second-order valence-corrected chi connectivity index (χ2v) is 6.02. The van der Waals surface area contributed by atoms with Crippen LogP contribution < -0.4 is 10.1 Å². The minimum Gasteiger partial charge on any atom is -0.497 e. The lowest BCUT2D eigenvalue weighted by Crippen LogP contribution is -2.31. The van der Waals surface area contributed by atoms with E-state index in [-0.39, 0.29) is 0 Å². The molecule has 0 fully saturated rings. The maximum atomic E-state index is 5.16. The average molecular weight is 267 g/mol. The number of benzene rings is 1. The van der Waals surface area contributed by atoms with Crippen LogP contribution in [-0.4, -0.2) is 31.2 Å². The first-order chi connectivity index (χ1) is 8.65. The van der Waals surface area contributed by atoms with E-state index in [9.17, 15) is 0 Å². The molecule has 2 nitrogen and oxygen atoms in total. The smallest absolute Gasteiger partial charge is 0.118 e. The Labute approximate surface area is 116 Å². The van der Waals surface area contributed by atoms with Crippen LogP contribution in [0, 0.1) is 0 Å². The van der Waals surface area contributed by atoms with E-state index < -0.39 is 0 Å². The molecule has 1 aromatic carbocycles. The maximum Gasteiger partial charge on any atom is 0.118 e. The molecule has 0 aliphatic carbocycles. The van der Waals surface area contributed by atoms with Crippen LogP contribution in [0.2, 0.25) is 0 Å². The van der Waals surface area contributed by atoms with Gasteiger partial charge in [0.25, 0.3) is 0 Å². The zero-order chi connectivity index (χ0) is 13.4. The second kappa shape index (κ2) is 8.44. The van der Waals surface area contributed by atoms with Crippen LogP contribution >= 0.6 is 11.8 Å². The highest BCUT2D eigenvalue weighted by Crippen LogP contribution is 2.13. The Bertz CT molecular complexity index is 326. The van der Waals surface area contributed by atoms with E-state index in [0.29, 0.717) is 11.3 Å². The Hall–Kier alpha value is -0.670. The van der Waals surface area contributed by atoms with E-state index in [1.54, 1.807) is 7.11 Å². The van der Waals surface area contributed by atoms with Crippen molar-refractivity contribution >= 4 is 11.8 Å². The van der Waals surface area contributed by atoms with Gasteiger partial charge in [-0.1, -0.05) is 19.1 Å². The van der Waals surface area contributed by atoms with E-state index in [4.69, 9.17) is 4.74 Å². The van der Waals surface area contributed by atoms with Gasteiger partial charge in [0.2, 0.25) is 0 Å². The van der Waals surface area contributed by atoms with Crippen molar-refractivity contribution in [1.82, 2.24) is 5.32 Å². The van der Waals surface area contributed by atoms with E-state index in [0.717, 1.165) is 18.7 Å². The summed E-state index contributed by atoms with van der Waals surface area (Å²) < 4.78 is 5.16. The lowest BCUT2D eigenvalue weighted by Gasteiger charge is -2.16. The lowest BCUT2D eigenvalue weighted by molar-refractivity contribution is 0.414. The molecule has 0 aromatic heterocycles. The molecule has 18 heavy (non-hydrogen) atoms. The number of methoxy groups -OCH3 is 1. The molecule has 0 amide bonds. The van der Waals surface area contributed by atoms with Crippen molar-refractivity contribution in [3.8, 4) is 5.75 Å². The summed E-state index contributed by atoms with van der Waals surface area (Å²) in [6.45, 7) is 5.61. The Morgan fingerprint density at radius 1 is 1.22 bits per heavy atom. The van der Waals surface area contributed by atoms with Gasteiger partial charge in [-0.2, -0.15) is 11.8 Å². The van der Waals surface area contributed by atoms with Crippen LogP contribution in [0.4, 0.5) is 0 Å². The molecule has 0 heterocycles. The second-order valence-electron chi connectivity index (χ2n) is 4.74. The Balaban J connectivity index is 2.26. The summed E-state index contributed by atoms with van der Waals surface area (Å²) in [5, 5.41) is 4.27. The molecular formula is C15H25NOS. The van der Waals surface area contributed by atoms with Gasteiger partial charge in [-0.15, -0.1) is 0 Å². The predicted molar refractivity (Wildman–Crippen MR) is 81.8 cm³/mol. The van der Waals surface area contributed by atoms with Crippen LogP contribution in [0.3, 0.4) is 0 Å². The summed E-state index contributed by atoms with van der Waals surface area (Å²) in [5.74, 6) is 0.929. The highest BCUT2D eigenvalue weighted by atomic mass is 32.2. The molecule has 102 valence electrons. The van der Waals surface area contributed by atoms with Gasteiger partial charge >= 0.3 is 0 Å². The summed E-state index contributed by atoms with van der Waals surface area (Å²) in [7, 11) is 1.70. The number of nitrogens with one attached hydrogen (secondary N) is 1. The fourth-order valence-electron chi connectivity index (χ4n) is 1.73. The Morgan fingerprint density at radius 3 is 2.44 bits per heavy atom. The van der Waals surface area contributed by atoms with Crippen molar-refractivity contribution in [2.45, 2.75) is 38.0 Å². The quantitative estimate of drug-likeness (QED) is 0.780.